The molecule has 0 radical (unpaired) electrons. The van der Waals surface area contributed by atoms with Crippen molar-refractivity contribution < 1.29 is 54.6 Å². The molecule has 7 atom stereocenters. The van der Waals surface area contributed by atoms with Gasteiger partial charge in [-0.05, 0) is 24.3 Å². The summed E-state index contributed by atoms with van der Waals surface area (Å²) in [4.78, 5) is 60.0. The highest BCUT2D eigenvalue weighted by atomic mass is 16.4. The molecule has 0 fully saturated rings. The lowest BCUT2D eigenvalue weighted by molar-refractivity contribution is -0.145. The van der Waals surface area contributed by atoms with Crippen LogP contribution in [0.4, 0.5) is 0 Å². The van der Waals surface area contributed by atoms with Crippen molar-refractivity contribution in [1.29, 1.82) is 0 Å². The zero-order chi connectivity index (χ0) is 31.3. The fourth-order valence-electron chi connectivity index (χ4n) is 3.86. The molecule has 0 aliphatic rings. The minimum Gasteiger partial charge on any atom is -0.481 e. The van der Waals surface area contributed by atoms with E-state index in [4.69, 9.17) is 10.8 Å². The van der Waals surface area contributed by atoms with E-state index in [1.807, 2.05) is 0 Å². The number of nitrogens with two attached hydrogens (primary N) is 1. The predicted molar refractivity (Wildman–Crippen MR) is 143 cm³/mol. The molecular weight excluding hydrogens is 544 g/mol. The molecule has 15 nitrogen and oxygen atoms in total. The summed E-state index contributed by atoms with van der Waals surface area (Å²) in [5.74, 6) is -5.42. The number of benzene rings is 1. The van der Waals surface area contributed by atoms with Crippen LogP contribution in [0.5, 0.6) is 0 Å². The van der Waals surface area contributed by atoms with Crippen molar-refractivity contribution in [2.45, 2.75) is 82.0 Å². The molecule has 0 saturated heterocycles. The maximum absolute atomic E-state index is 12.9. The van der Waals surface area contributed by atoms with Crippen LogP contribution < -0.4 is 21.7 Å². The van der Waals surface area contributed by atoms with Crippen molar-refractivity contribution in [3.8, 4) is 0 Å². The van der Waals surface area contributed by atoms with Crippen LogP contribution in [0.1, 0.15) is 51.1 Å². The van der Waals surface area contributed by atoms with E-state index in [0.717, 1.165) is 0 Å². The molecule has 3 amide bonds. The van der Waals surface area contributed by atoms with Gasteiger partial charge in [0.2, 0.25) is 11.8 Å². The summed E-state index contributed by atoms with van der Waals surface area (Å²) in [6.45, 7) is 2.56. The number of hydrogen-bond acceptors (Lipinski definition) is 10. The Bertz CT molecular complexity index is 1020. The summed E-state index contributed by atoms with van der Waals surface area (Å²) in [5, 5.41) is 66.1. The molecule has 7 unspecified atom stereocenters. The van der Waals surface area contributed by atoms with E-state index in [1.165, 1.54) is 0 Å². The first-order valence-electron chi connectivity index (χ1n) is 13.0. The Balaban J connectivity index is 2.93. The van der Waals surface area contributed by atoms with Crippen LogP contribution in [0.3, 0.4) is 0 Å². The normalized spacial score (nSPS) is 16.4. The average Bonchev–Trinajstić information content (AvgIpc) is 2.92. The lowest BCUT2D eigenvalue weighted by Gasteiger charge is -2.31. The number of aliphatic hydroxyl groups excluding tert-OH is 4. The van der Waals surface area contributed by atoms with E-state index >= 15 is 0 Å². The highest BCUT2D eigenvalue weighted by Gasteiger charge is 2.37. The van der Waals surface area contributed by atoms with Gasteiger partial charge in [0.25, 0.3) is 5.91 Å². The molecule has 1 aromatic rings. The monoisotopic (exact) mass is 584 g/mol. The summed E-state index contributed by atoms with van der Waals surface area (Å²) in [6, 6.07) is 2.88. The number of carboxylic acids is 2. The summed E-state index contributed by atoms with van der Waals surface area (Å²) < 4.78 is 0. The Morgan fingerprint density at radius 2 is 1.44 bits per heavy atom. The van der Waals surface area contributed by atoms with Crippen molar-refractivity contribution in [2.24, 2.45) is 11.7 Å². The van der Waals surface area contributed by atoms with Crippen molar-refractivity contribution in [3.05, 3.63) is 35.9 Å². The van der Waals surface area contributed by atoms with Crippen molar-refractivity contribution >= 4 is 29.7 Å². The highest BCUT2D eigenvalue weighted by molar-refractivity contribution is 5.90. The predicted octanol–water partition coefficient (Wildman–Crippen LogP) is -2.40. The number of aliphatic hydroxyl groups is 4. The maximum atomic E-state index is 12.9. The molecule has 1 rings (SSSR count). The van der Waals surface area contributed by atoms with Crippen molar-refractivity contribution in [2.75, 3.05) is 6.61 Å². The van der Waals surface area contributed by atoms with Crippen molar-refractivity contribution in [1.82, 2.24) is 16.0 Å². The second-order valence-corrected chi connectivity index (χ2v) is 10.0. The van der Waals surface area contributed by atoms with E-state index < -0.39 is 85.2 Å². The number of carboxylic acid groups (broad SMARTS) is 2. The molecule has 230 valence electrons. The minimum absolute atomic E-state index is 0.0928. The fourth-order valence-corrected chi connectivity index (χ4v) is 3.86. The summed E-state index contributed by atoms with van der Waals surface area (Å²) in [7, 11) is 0. The maximum Gasteiger partial charge on any atom is 0.305 e. The zero-order valence-electron chi connectivity index (χ0n) is 22.8. The molecule has 0 bridgehead atoms. The third kappa shape index (κ3) is 12.2. The molecule has 15 heteroatoms. The molecular formula is C26H40N4O11. The van der Waals surface area contributed by atoms with Gasteiger partial charge in [0.15, 0.2) is 6.10 Å². The van der Waals surface area contributed by atoms with Crippen LogP contribution in [0.25, 0.3) is 0 Å². The first kappa shape index (κ1) is 35.4. The second kappa shape index (κ2) is 17.2. The Hall–Kier alpha value is -3.63. The first-order chi connectivity index (χ1) is 19.2. The van der Waals surface area contributed by atoms with Crippen LogP contribution >= 0.6 is 0 Å². The number of amides is 3. The van der Waals surface area contributed by atoms with Gasteiger partial charge < -0.3 is 52.3 Å². The quantitative estimate of drug-likeness (QED) is 0.0865. The average molecular weight is 585 g/mol. The Labute approximate surface area is 236 Å². The Morgan fingerprint density at radius 3 is 1.95 bits per heavy atom. The van der Waals surface area contributed by atoms with Crippen LogP contribution in [-0.4, -0.2) is 103 Å². The molecule has 0 aliphatic carbocycles. The summed E-state index contributed by atoms with van der Waals surface area (Å²) in [6.07, 6.45) is -7.59. The van der Waals surface area contributed by atoms with E-state index in [1.54, 1.807) is 44.2 Å². The Morgan fingerprint density at radius 1 is 0.829 bits per heavy atom. The van der Waals surface area contributed by atoms with Gasteiger partial charge in [-0.3, -0.25) is 24.0 Å². The van der Waals surface area contributed by atoms with Crippen LogP contribution in [0.15, 0.2) is 30.3 Å². The number of carbonyl (C=O) groups is 5. The standard InChI is InChI=1S/C26H40N4O11/c1-13(2)10-17(29-24(39)15(27)8-9-19(32)33)25(40)30-18(12-31)21(36)22(37)23(38)26(41)28-16(11-20(34)35)14-6-4-3-5-7-14/h3-7,13,15-18,21-23,31,36-38H,8-12,27H2,1-2H3,(H,28,41)(H,29,39)(H,30,40)(H,32,33)(H,34,35). The van der Waals surface area contributed by atoms with Crippen LogP contribution in [0, 0.1) is 5.92 Å². The molecule has 0 aliphatic heterocycles. The molecule has 0 spiro atoms. The largest absolute Gasteiger partial charge is 0.481 e. The number of hydrogen-bond donors (Lipinski definition) is 10. The lowest BCUT2D eigenvalue weighted by atomic mass is 9.98. The molecule has 1 aromatic carbocycles. The van der Waals surface area contributed by atoms with Crippen molar-refractivity contribution in [3.63, 3.8) is 0 Å². The van der Waals surface area contributed by atoms with E-state index in [9.17, 15) is 49.5 Å². The van der Waals surface area contributed by atoms with Gasteiger partial charge in [0.1, 0.15) is 18.2 Å². The SMILES string of the molecule is CC(C)CC(NC(=O)C(N)CCC(=O)O)C(=O)NC(CO)C(O)C(O)C(O)C(=O)NC(CC(=O)O)c1ccccc1. The third-order valence-electron chi connectivity index (χ3n) is 6.12. The van der Waals surface area contributed by atoms with E-state index in [0.29, 0.717) is 5.56 Å². The number of nitrogens with one attached hydrogen (secondary N) is 3. The number of carbonyl (C=O) groups excluding carboxylic acids is 3. The van der Waals surface area contributed by atoms with Gasteiger partial charge in [-0.2, -0.15) is 0 Å². The molecule has 0 heterocycles. The highest BCUT2D eigenvalue weighted by Crippen LogP contribution is 2.18. The van der Waals surface area contributed by atoms with Gasteiger partial charge in [-0.15, -0.1) is 0 Å². The lowest BCUT2D eigenvalue weighted by Crippen LogP contribution is -2.60. The topological polar surface area (TPSA) is 269 Å². The zero-order valence-corrected chi connectivity index (χ0v) is 22.8. The summed E-state index contributed by atoms with van der Waals surface area (Å²) in [5.41, 5.74) is 6.11. The van der Waals surface area contributed by atoms with Crippen LogP contribution in [-0.2, 0) is 24.0 Å². The Kier molecular flexibility index (Phi) is 14.9. The minimum atomic E-state index is -2.28. The smallest absolute Gasteiger partial charge is 0.305 e. The van der Waals surface area contributed by atoms with Gasteiger partial charge in [0.05, 0.1) is 31.2 Å². The third-order valence-corrected chi connectivity index (χ3v) is 6.12. The number of aliphatic carboxylic acids is 2. The molecule has 0 saturated carbocycles. The molecule has 0 aromatic heterocycles. The number of rotatable bonds is 18. The van der Waals surface area contributed by atoms with Gasteiger partial charge >= 0.3 is 11.9 Å². The molecule has 11 N–H and O–H groups in total. The van der Waals surface area contributed by atoms with Gasteiger partial charge in [-0.1, -0.05) is 44.2 Å². The van der Waals surface area contributed by atoms with Gasteiger partial charge in [-0.25, -0.2) is 0 Å². The van der Waals surface area contributed by atoms with E-state index in [2.05, 4.69) is 16.0 Å². The molecule has 41 heavy (non-hydrogen) atoms. The van der Waals surface area contributed by atoms with E-state index in [-0.39, 0.29) is 25.2 Å². The first-order valence-corrected chi connectivity index (χ1v) is 13.0. The second-order valence-electron chi connectivity index (χ2n) is 10.0. The fraction of sp³-hybridized carbons (Fsp3) is 0.577. The summed E-state index contributed by atoms with van der Waals surface area (Å²) >= 11 is 0. The van der Waals surface area contributed by atoms with Gasteiger partial charge in [0, 0.05) is 6.42 Å². The van der Waals surface area contributed by atoms with Crippen LogP contribution in [0.2, 0.25) is 0 Å².